The summed E-state index contributed by atoms with van der Waals surface area (Å²) >= 11 is 6.11. The topological polar surface area (TPSA) is 35.6 Å². The Kier molecular flexibility index (Phi) is 6.52. The molecule has 0 radical (unpaired) electrons. The summed E-state index contributed by atoms with van der Waals surface area (Å²) < 4.78 is 0. The van der Waals surface area contributed by atoms with Gasteiger partial charge in [0.25, 0.3) is 0 Å². The largest absolute Gasteiger partial charge is 0.352 e. The number of nitrogens with zero attached hydrogens (tertiary/aromatic N) is 2. The first-order valence-corrected chi connectivity index (χ1v) is 9.56. The Morgan fingerprint density at radius 3 is 2.54 bits per heavy atom. The van der Waals surface area contributed by atoms with Crippen LogP contribution in [-0.4, -0.2) is 54.5 Å². The summed E-state index contributed by atoms with van der Waals surface area (Å²) in [6.45, 7) is 5.86. The van der Waals surface area contributed by atoms with E-state index < -0.39 is 0 Å². The van der Waals surface area contributed by atoms with E-state index in [1.54, 1.807) is 0 Å². The molecule has 1 aromatic rings. The summed E-state index contributed by atoms with van der Waals surface area (Å²) in [7, 11) is 0. The Labute approximate surface area is 150 Å². The highest BCUT2D eigenvalue weighted by Crippen LogP contribution is 2.24. The molecule has 0 aromatic heterocycles. The molecular weight excluding hydrogens is 322 g/mol. The van der Waals surface area contributed by atoms with Crippen molar-refractivity contribution in [3.63, 3.8) is 0 Å². The van der Waals surface area contributed by atoms with Gasteiger partial charge in [-0.3, -0.25) is 9.69 Å². The summed E-state index contributed by atoms with van der Waals surface area (Å²) in [5.41, 5.74) is 0.970. The van der Waals surface area contributed by atoms with Gasteiger partial charge in [-0.05, 0) is 24.5 Å². The van der Waals surface area contributed by atoms with Gasteiger partial charge in [0.2, 0.25) is 5.91 Å². The lowest BCUT2D eigenvalue weighted by molar-refractivity contribution is -0.121. The highest BCUT2D eigenvalue weighted by molar-refractivity contribution is 6.31. The predicted molar refractivity (Wildman–Crippen MR) is 98.2 cm³/mol. The predicted octanol–water partition coefficient (Wildman–Crippen LogP) is 2.91. The summed E-state index contributed by atoms with van der Waals surface area (Å²) in [6, 6.07) is 8.47. The average molecular weight is 350 g/mol. The smallest absolute Gasteiger partial charge is 0.221 e. The molecule has 0 unspecified atom stereocenters. The van der Waals surface area contributed by atoms with Crippen molar-refractivity contribution >= 4 is 17.5 Å². The lowest BCUT2D eigenvalue weighted by atomic mass is 10.1. The highest BCUT2D eigenvalue weighted by Gasteiger charge is 2.26. The Hall–Kier alpha value is -1.10. The van der Waals surface area contributed by atoms with E-state index in [9.17, 15) is 4.79 Å². The van der Waals surface area contributed by atoms with Gasteiger partial charge in [0, 0.05) is 56.8 Å². The van der Waals surface area contributed by atoms with Crippen LogP contribution >= 0.6 is 11.6 Å². The molecule has 0 atom stereocenters. The zero-order valence-electron chi connectivity index (χ0n) is 14.3. The van der Waals surface area contributed by atoms with Crippen LogP contribution in [-0.2, 0) is 11.3 Å². The number of hydrogen-bond acceptors (Lipinski definition) is 3. The highest BCUT2D eigenvalue weighted by atomic mass is 35.5. The zero-order chi connectivity index (χ0) is 16.8. The number of hydrogen-bond donors (Lipinski definition) is 1. The molecule has 3 rings (SSSR count). The van der Waals surface area contributed by atoms with Gasteiger partial charge in [0.05, 0.1) is 0 Å². The normalized spacial score (nSPS) is 20.4. The number of rotatable bonds is 6. The van der Waals surface area contributed by atoms with Crippen molar-refractivity contribution in [3.8, 4) is 0 Å². The fourth-order valence-electron chi connectivity index (χ4n) is 3.81. The van der Waals surface area contributed by atoms with Crippen LogP contribution in [0.5, 0.6) is 0 Å². The monoisotopic (exact) mass is 349 g/mol. The minimum Gasteiger partial charge on any atom is -0.352 e. The summed E-state index contributed by atoms with van der Waals surface area (Å²) in [6.07, 6.45) is 6.12. The third-order valence-corrected chi connectivity index (χ3v) is 5.71. The van der Waals surface area contributed by atoms with Crippen molar-refractivity contribution in [1.29, 1.82) is 0 Å². The standard InChI is InChI=1S/C19H28ClN3O/c20-18-8-4-1-5-16(18)15-21-19(24)9-10-22-11-13-23(14-12-22)17-6-2-3-7-17/h1,4-5,8,17H,2-3,6-7,9-15H2,(H,21,24). The first kappa shape index (κ1) is 17.7. The van der Waals surface area contributed by atoms with Crippen molar-refractivity contribution in [1.82, 2.24) is 15.1 Å². The van der Waals surface area contributed by atoms with E-state index in [4.69, 9.17) is 11.6 Å². The average Bonchev–Trinajstić information content (AvgIpc) is 3.14. The molecule has 1 heterocycles. The number of amides is 1. The van der Waals surface area contributed by atoms with Gasteiger partial charge < -0.3 is 10.2 Å². The Morgan fingerprint density at radius 2 is 1.83 bits per heavy atom. The van der Waals surface area contributed by atoms with Crippen LogP contribution in [0.4, 0.5) is 0 Å². The molecule has 2 fully saturated rings. The maximum atomic E-state index is 12.1. The summed E-state index contributed by atoms with van der Waals surface area (Å²) in [4.78, 5) is 17.1. The van der Waals surface area contributed by atoms with E-state index in [1.807, 2.05) is 24.3 Å². The van der Waals surface area contributed by atoms with Crippen LogP contribution in [0, 0.1) is 0 Å². The molecule has 4 nitrogen and oxygen atoms in total. The van der Waals surface area contributed by atoms with Crippen LogP contribution in [0.3, 0.4) is 0 Å². The van der Waals surface area contributed by atoms with Gasteiger partial charge in [0.1, 0.15) is 0 Å². The van der Waals surface area contributed by atoms with Gasteiger partial charge in [0.15, 0.2) is 0 Å². The fourth-order valence-corrected chi connectivity index (χ4v) is 4.01. The first-order chi connectivity index (χ1) is 11.7. The van der Waals surface area contributed by atoms with E-state index >= 15 is 0 Å². The van der Waals surface area contributed by atoms with Crippen molar-refractivity contribution in [2.75, 3.05) is 32.7 Å². The molecule has 132 valence electrons. The van der Waals surface area contributed by atoms with E-state index in [1.165, 1.54) is 25.7 Å². The Balaban J connectivity index is 1.33. The Bertz CT molecular complexity index is 537. The molecule has 1 aliphatic carbocycles. The van der Waals surface area contributed by atoms with Crippen molar-refractivity contribution in [2.45, 2.75) is 44.7 Å². The van der Waals surface area contributed by atoms with E-state index in [2.05, 4.69) is 15.1 Å². The molecular formula is C19H28ClN3O. The van der Waals surface area contributed by atoms with Crippen LogP contribution < -0.4 is 5.32 Å². The minimum atomic E-state index is 0.105. The molecule has 2 aliphatic rings. The summed E-state index contributed by atoms with van der Waals surface area (Å²) in [5, 5.41) is 3.68. The number of carbonyl (C=O) groups is 1. The Morgan fingerprint density at radius 1 is 1.12 bits per heavy atom. The maximum absolute atomic E-state index is 12.1. The third kappa shape index (κ3) is 4.95. The fraction of sp³-hybridized carbons (Fsp3) is 0.632. The van der Waals surface area contributed by atoms with Crippen LogP contribution in [0.1, 0.15) is 37.7 Å². The number of carbonyl (C=O) groups excluding carboxylic acids is 1. The molecule has 1 aromatic carbocycles. The molecule has 0 spiro atoms. The molecule has 1 saturated heterocycles. The van der Waals surface area contributed by atoms with Gasteiger partial charge in [-0.1, -0.05) is 42.6 Å². The first-order valence-electron chi connectivity index (χ1n) is 9.19. The quantitative estimate of drug-likeness (QED) is 0.857. The molecule has 1 saturated carbocycles. The second-order valence-corrected chi connectivity index (χ2v) is 7.34. The molecule has 1 aliphatic heterocycles. The molecule has 5 heteroatoms. The number of halogens is 1. The zero-order valence-corrected chi connectivity index (χ0v) is 15.1. The van der Waals surface area contributed by atoms with E-state index in [0.29, 0.717) is 18.0 Å². The molecule has 1 N–H and O–H groups in total. The lowest BCUT2D eigenvalue weighted by Gasteiger charge is -2.38. The number of piperazine rings is 1. The lowest BCUT2D eigenvalue weighted by Crippen LogP contribution is -2.50. The van der Waals surface area contributed by atoms with Crippen molar-refractivity contribution in [2.24, 2.45) is 0 Å². The van der Waals surface area contributed by atoms with Crippen LogP contribution in [0.15, 0.2) is 24.3 Å². The second kappa shape index (κ2) is 8.84. The second-order valence-electron chi connectivity index (χ2n) is 6.93. The molecule has 0 bridgehead atoms. The number of nitrogens with one attached hydrogen (secondary N) is 1. The van der Waals surface area contributed by atoms with E-state index in [-0.39, 0.29) is 5.91 Å². The van der Waals surface area contributed by atoms with Crippen LogP contribution in [0.25, 0.3) is 0 Å². The van der Waals surface area contributed by atoms with Gasteiger partial charge in [-0.25, -0.2) is 0 Å². The summed E-state index contributed by atoms with van der Waals surface area (Å²) in [5.74, 6) is 0.105. The number of benzene rings is 1. The third-order valence-electron chi connectivity index (χ3n) is 5.34. The van der Waals surface area contributed by atoms with Crippen molar-refractivity contribution in [3.05, 3.63) is 34.9 Å². The van der Waals surface area contributed by atoms with Crippen molar-refractivity contribution < 1.29 is 4.79 Å². The maximum Gasteiger partial charge on any atom is 0.221 e. The van der Waals surface area contributed by atoms with Gasteiger partial charge >= 0.3 is 0 Å². The minimum absolute atomic E-state index is 0.105. The van der Waals surface area contributed by atoms with Gasteiger partial charge in [-0.15, -0.1) is 0 Å². The van der Waals surface area contributed by atoms with Gasteiger partial charge in [-0.2, -0.15) is 0 Å². The van der Waals surface area contributed by atoms with Crippen LogP contribution in [0.2, 0.25) is 5.02 Å². The van der Waals surface area contributed by atoms with E-state index in [0.717, 1.165) is 44.3 Å². The SMILES string of the molecule is O=C(CCN1CCN(C2CCCC2)CC1)NCc1ccccc1Cl. The molecule has 1 amide bonds. The molecule has 24 heavy (non-hydrogen) atoms.